The zero-order chi connectivity index (χ0) is 12.8. The molecule has 4 nitrogen and oxygen atoms in total. The number of rotatable bonds is 9. The van der Waals surface area contributed by atoms with Gasteiger partial charge in [-0.15, -0.1) is 0 Å². The lowest BCUT2D eigenvalue weighted by molar-refractivity contribution is 0.142. The van der Waals surface area contributed by atoms with Crippen molar-refractivity contribution in [2.75, 3.05) is 26.8 Å². The van der Waals surface area contributed by atoms with Crippen molar-refractivity contribution in [3.05, 3.63) is 23.7 Å². The Morgan fingerprint density at radius 3 is 2.83 bits per heavy atom. The molecule has 0 unspecified atom stereocenters. The summed E-state index contributed by atoms with van der Waals surface area (Å²) in [5.41, 5.74) is 0. The molecule has 2 rings (SSSR count). The minimum Gasteiger partial charge on any atom is -0.463 e. The second-order valence-corrected chi connectivity index (χ2v) is 4.88. The minimum atomic E-state index is 0.729. The Morgan fingerprint density at radius 2 is 2.17 bits per heavy atom. The van der Waals surface area contributed by atoms with Crippen LogP contribution in [0.2, 0.25) is 0 Å². The van der Waals surface area contributed by atoms with Crippen LogP contribution in [0.4, 0.5) is 0 Å². The first-order chi connectivity index (χ1) is 8.81. The quantitative estimate of drug-likeness (QED) is 0.729. The van der Waals surface area contributed by atoms with E-state index in [0.29, 0.717) is 0 Å². The Hall–Kier alpha value is -0.840. The second-order valence-electron chi connectivity index (χ2n) is 4.88. The molecule has 1 aromatic rings. The molecular weight excluding hydrogens is 228 g/mol. The van der Waals surface area contributed by atoms with Gasteiger partial charge in [0.25, 0.3) is 0 Å². The molecule has 1 aromatic heterocycles. The summed E-state index contributed by atoms with van der Waals surface area (Å²) in [5.74, 6) is 2.08. The first kappa shape index (κ1) is 13.6. The fraction of sp³-hybridized carbons (Fsp3) is 0.714. The van der Waals surface area contributed by atoms with E-state index in [9.17, 15) is 0 Å². The van der Waals surface area contributed by atoms with Crippen molar-refractivity contribution in [2.45, 2.75) is 38.9 Å². The van der Waals surface area contributed by atoms with Gasteiger partial charge in [-0.1, -0.05) is 6.92 Å². The van der Waals surface area contributed by atoms with E-state index in [1.807, 2.05) is 0 Å². The molecule has 4 heteroatoms. The summed E-state index contributed by atoms with van der Waals surface area (Å²) in [6, 6.07) is 4.89. The molecule has 0 atom stereocenters. The van der Waals surface area contributed by atoms with Gasteiger partial charge in [-0.2, -0.15) is 0 Å². The smallest absolute Gasteiger partial charge is 0.118 e. The van der Waals surface area contributed by atoms with Crippen LogP contribution in [0.5, 0.6) is 0 Å². The molecule has 0 spiro atoms. The van der Waals surface area contributed by atoms with Gasteiger partial charge in [0.1, 0.15) is 11.5 Å². The second kappa shape index (κ2) is 6.92. The van der Waals surface area contributed by atoms with Crippen LogP contribution < -0.4 is 5.32 Å². The topological polar surface area (TPSA) is 37.6 Å². The Balaban J connectivity index is 1.76. The third-order valence-corrected chi connectivity index (χ3v) is 3.30. The van der Waals surface area contributed by atoms with Crippen molar-refractivity contribution < 1.29 is 9.15 Å². The highest BCUT2D eigenvalue weighted by molar-refractivity contribution is 5.07. The molecule has 1 N–H and O–H groups in total. The molecule has 1 fully saturated rings. The van der Waals surface area contributed by atoms with E-state index in [0.717, 1.165) is 50.3 Å². The molecule has 1 aliphatic carbocycles. The van der Waals surface area contributed by atoms with Gasteiger partial charge in [0.2, 0.25) is 0 Å². The fourth-order valence-corrected chi connectivity index (χ4v) is 1.92. The normalized spacial score (nSPS) is 15.5. The van der Waals surface area contributed by atoms with E-state index < -0.39 is 0 Å². The number of furan rings is 1. The van der Waals surface area contributed by atoms with E-state index >= 15 is 0 Å². The molecule has 0 aromatic carbocycles. The van der Waals surface area contributed by atoms with E-state index in [1.165, 1.54) is 12.8 Å². The summed E-state index contributed by atoms with van der Waals surface area (Å²) in [6.45, 7) is 6.61. The van der Waals surface area contributed by atoms with Gasteiger partial charge in [-0.05, 0) is 31.5 Å². The summed E-state index contributed by atoms with van der Waals surface area (Å²) in [7, 11) is 1.74. The summed E-state index contributed by atoms with van der Waals surface area (Å²) in [4.78, 5) is 2.32. The van der Waals surface area contributed by atoms with Gasteiger partial charge in [-0.3, -0.25) is 4.90 Å². The number of nitrogens with one attached hydrogen (secondary N) is 1. The van der Waals surface area contributed by atoms with Crippen molar-refractivity contribution in [1.29, 1.82) is 0 Å². The molecule has 0 radical (unpaired) electrons. The maximum atomic E-state index is 5.83. The lowest BCUT2D eigenvalue weighted by Gasteiger charge is -2.18. The Bertz CT molecular complexity index is 347. The number of methoxy groups -OCH3 is 1. The molecular formula is C14H24N2O2. The van der Waals surface area contributed by atoms with Crippen molar-refractivity contribution >= 4 is 0 Å². The molecule has 0 saturated heterocycles. The third kappa shape index (κ3) is 4.44. The van der Waals surface area contributed by atoms with Gasteiger partial charge in [0, 0.05) is 19.7 Å². The number of likely N-dealkylation sites (N-methyl/N-ethyl adjacent to an activating group) is 1. The summed E-state index contributed by atoms with van der Waals surface area (Å²) in [6.07, 6.45) is 2.63. The van der Waals surface area contributed by atoms with Crippen LogP contribution in [0.1, 0.15) is 31.3 Å². The van der Waals surface area contributed by atoms with Gasteiger partial charge >= 0.3 is 0 Å². The van der Waals surface area contributed by atoms with Crippen LogP contribution in [0.15, 0.2) is 16.5 Å². The number of hydrogen-bond acceptors (Lipinski definition) is 4. The average molecular weight is 252 g/mol. The van der Waals surface area contributed by atoms with Crippen LogP contribution in [0.25, 0.3) is 0 Å². The van der Waals surface area contributed by atoms with E-state index in [-0.39, 0.29) is 0 Å². The molecule has 18 heavy (non-hydrogen) atoms. The Kier molecular flexibility index (Phi) is 5.23. The molecule has 0 amide bonds. The monoisotopic (exact) mass is 252 g/mol. The molecule has 1 aliphatic rings. The minimum absolute atomic E-state index is 0.729. The van der Waals surface area contributed by atoms with Gasteiger partial charge in [0.15, 0.2) is 0 Å². The Morgan fingerprint density at radius 1 is 1.39 bits per heavy atom. The van der Waals surface area contributed by atoms with E-state index in [2.05, 4.69) is 29.3 Å². The maximum Gasteiger partial charge on any atom is 0.118 e. The summed E-state index contributed by atoms with van der Waals surface area (Å²) in [5, 5.41) is 3.46. The number of ether oxygens (including phenoxy) is 1. The van der Waals surface area contributed by atoms with Crippen LogP contribution in [0, 0.1) is 0 Å². The van der Waals surface area contributed by atoms with Crippen LogP contribution >= 0.6 is 0 Å². The molecule has 1 heterocycles. The van der Waals surface area contributed by atoms with Gasteiger partial charge in [-0.25, -0.2) is 0 Å². The van der Waals surface area contributed by atoms with E-state index in [1.54, 1.807) is 7.11 Å². The largest absolute Gasteiger partial charge is 0.463 e. The standard InChI is InChI=1S/C14H24N2O2/c1-3-16(8-9-17-2)11-14-7-6-13(18-14)10-15-12-4-5-12/h6-7,12,15H,3-5,8-11H2,1-2H3. The first-order valence-electron chi connectivity index (χ1n) is 6.84. The van der Waals surface area contributed by atoms with Crippen molar-refractivity contribution in [2.24, 2.45) is 0 Å². The average Bonchev–Trinajstić information content (AvgIpc) is 3.12. The summed E-state index contributed by atoms with van der Waals surface area (Å²) < 4.78 is 10.9. The van der Waals surface area contributed by atoms with Crippen LogP contribution in [-0.4, -0.2) is 37.7 Å². The zero-order valence-corrected chi connectivity index (χ0v) is 11.4. The maximum absolute atomic E-state index is 5.83. The highest BCUT2D eigenvalue weighted by Crippen LogP contribution is 2.19. The molecule has 0 aliphatic heterocycles. The molecule has 0 bridgehead atoms. The lowest BCUT2D eigenvalue weighted by atomic mass is 10.3. The van der Waals surface area contributed by atoms with Crippen LogP contribution in [-0.2, 0) is 17.8 Å². The van der Waals surface area contributed by atoms with Crippen molar-refractivity contribution in [1.82, 2.24) is 10.2 Å². The SMILES string of the molecule is CCN(CCOC)Cc1ccc(CNC2CC2)o1. The van der Waals surface area contributed by atoms with E-state index in [4.69, 9.17) is 9.15 Å². The summed E-state index contributed by atoms with van der Waals surface area (Å²) >= 11 is 0. The zero-order valence-electron chi connectivity index (χ0n) is 11.4. The first-order valence-corrected chi connectivity index (χ1v) is 6.84. The van der Waals surface area contributed by atoms with Crippen molar-refractivity contribution in [3.63, 3.8) is 0 Å². The number of nitrogens with zero attached hydrogens (tertiary/aromatic N) is 1. The van der Waals surface area contributed by atoms with Gasteiger partial charge in [0.05, 0.1) is 19.7 Å². The molecule has 1 saturated carbocycles. The predicted molar refractivity (Wildman–Crippen MR) is 71.4 cm³/mol. The van der Waals surface area contributed by atoms with Gasteiger partial charge < -0.3 is 14.5 Å². The van der Waals surface area contributed by atoms with Crippen LogP contribution in [0.3, 0.4) is 0 Å². The fourth-order valence-electron chi connectivity index (χ4n) is 1.92. The third-order valence-electron chi connectivity index (χ3n) is 3.30. The Labute approximate surface area is 109 Å². The lowest BCUT2D eigenvalue weighted by Crippen LogP contribution is -2.26. The highest BCUT2D eigenvalue weighted by atomic mass is 16.5. The molecule has 102 valence electrons. The van der Waals surface area contributed by atoms with Crippen molar-refractivity contribution in [3.8, 4) is 0 Å². The number of hydrogen-bond donors (Lipinski definition) is 1. The predicted octanol–water partition coefficient (Wildman–Crippen LogP) is 2.00. The highest BCUT2D eigenvalue weighted by Gasteiger charge is 2.20.